The molecule has 22 heavy (non-hydrogen) atoms. The number of rotatable bonds is 4. The molecular weight excluding hydrogens is 284 g/mol. The number of aliphatic hydroxyl groups excluding tert-OH is 1. The molecule has 0 radical (unpaired) electrons. The Bertz CT molecular complexity index is 565. The molecule has 0 heterocycles. The van der Waals surface area contributed by atoms with Crippen molar-refractivity contribution in [3.63, 3.8) is 0 Å². The van der Waals surface area contributed by atoms with Gasteiger partial charge < -0.3 is 10.0 Å². The van der Waals surface area contributed by atoms with Crippen molar-refractivity contribution in [3.05, 3.63) is 39.4 Å². The van der Waals surface area contributed by atoms with Gasteiger partial charge >= 0.3 is 0 Å². The third-order valence-electron chi connectivity index (χ3n) is 4.58. The Balaban J connectivity index is 2.08. The first-order chi connectivity index (χ1) is 10.4. The highest BCUT2D eigenvalue weighted by Gasteiger charge is 2.27. The molecule has 0 unspecified atom stereocenters. The average molecular weight is 306 g/mol. The van der Waals surface area contributed by atoms with Crippen LogP contribution in [0.25, 0.3) is 0 Å². The van der Waals surface area contributed by atoms with Crippen LogP contribution in [-0.4, -0.2) is 40.5 Å². The van der Waals surface area contributed by atoms with Crippen molar-refractivity contribution >= 4 is 11.6 Å². The largest absolute Gasteiger partial charge is 0.396 e. The Labute approximate surface area is 129 Å². The van der Waals surface area contributed by atoms with Crippen molar-refractivity contribution in [1.29, 1.82) is 0 Å². The molecule has 2 rings (SSSR count). The molecule has 0 saturated heterocycles. The summed E-state index contributed by atoms with van der Waals surface area (Å²) in [5.41, 5.74) is 1.01. The van der Waals surface area contributed by atoms with Gasteiger partial charge in [0, 0.05) is 36.9 Å². The molecule has 0 bridgehead atoms. The third kappa shape index (κ3) is 3.44. The summed E-state index contributed by atoms with van der Waals surface area (Å²) in [7, 11) is 1.78. The molecule has 6 nitrogen and oxygen atoms in total. The van der Waals surface area contributed by atoms with E-state index in [0.717, 1.165) is 25.7 Å². The SMILES string of the molecule is Cc1cc(C(=O)N(C)C2CCC(CO)CC2)ccc1[N+](=O)[O-]. The molecule has 1 fully saturated rings. The van der Waals surface area contributed by atoms with E-state index in [1.165, 1.54) is 12.1 Å². The number of aryl methyl sites for hydroxylation is 1. The minimum atomic E-state index is -0.441. The van der Waals surface area contributed by atoms with Crippen LogP contribution in [0.1, 0.15) is 41.6 Å². The van der Waals surface area contributed by atoms with Crippen LogP contribution in [0.2, 0.25) is 0 Å². The van der Waals surface area contributed by atoms with E-state index in [1.807, 2.05) is 0 Å². The zero-order chi connectivity index (χ0) is 16.3. The number of carbonyl (C=O) groups is 1. The summed E-state index contributed by atoms with van der Waals surface area (Å²) < 4.78 is 0. The first kappa shape index (κ1) is 16.4. The van der Waals surface area contributed by atoms with Crippen molar-refractivity contribution < 1.29 is 14.8 Å². The molecule has 1 N–H and O–H groups in total. The highest BCUT2D eigenvalue weighted by Crippen LogP contribution is 2.28. The summed E-state index contributed by atoms with van der Waals surface area (Å²) in [5, 5.41) is 20.0. The molecule has 0 atom stereocenters. The van der Waals surface area contributed by atoms with E-state index in [4.69, 9.17) is 5.11 Å². The normalized spacial score (nSPS) is 21.4. The van der Waals surface area contributed by atoms with Crippen LogP contribution in [-0.2, 0) is 0 Å². The minimum Gasteiger partial charge on any atom is -0.396 e. The molecule has 120 valence electrons. The number of amides is 1. The second-order valence-corrected chi connectivity index (χ2v) is 6.03. The topological polar surface area (TPSA) is 83.7 Å². The second kappa shape index (κ2) is 6.87. The number of carbonyl (C=O) groups excluding carboxylic acids is 1. The lowest BCUT2D eigenvalue weighted by Gasteiger charge is -2.34. The first-order valence-electron chi connectivity index (χ1n) is 7.57. The fraction of sp³-hybridized carbons (Fsp3) is 0.562. The lowest BCUT2D eigenvalue weighted by molar-refractivity contribution is -0.385. The Kier molecular flexibility index (Phi) is 5.13. The van der Waals surface area contributed by atoms with Gasteiger partial charge in [-0.3, -0.25) is 14.9 Å². The number of nitro benzene ring substituents is 1. The monoisotopic (exact) mass is 306 g/mol. The van der Waals surface area contributed by atoms with E-state index in [1.54, 1.807) is 24.9 Å². The van der Waals surface area contributed by atoms with Gasteiger partial charge in [-0.05, 0) is 50.7 Å². The number of hydrogen-bond donors (Lipinski definition) is 1. The summed E-state index contributed by atoms with van der Waals surface area (Å²) in [5.74, 6) is 0.242. The van der Waals surface area contributed by atoms with Crippen molar-refractivity contribution in [2.45, 2.75) is 38.6 Å². The summed E-state index contributed by atoms with van der Waals surface area (Å²) >= 11 is 0. The zero-order valence-electron chi connectivity index (χ0n) is 13.0. The van der Waals surface area contributed by atoms with Crippen LogP contribution in [0.3, 0.4) is 0 Å². The molecule has 6 heteroatoms. The predicted octanol–water partition coefficient (Wildman–Crippen LogP) is 2.53. The molecule has 1 saturated carbocycles. The maximum atomic E-state index is 12.5. The molecule has 0 spiro atoms. The van der Waals surface area contributed by atoms with Gasteiger partial charge in [-0.2, -0.15) is 0 Å². The van der Waals surface area contributed by atoms with Gasteiger partial charge in [0.05, 0.1) is 4.92 Å². The standard InChI is InChI=1S/C16H22N2O4/c1-11-9-13(5-8-15(11)18(21)22)16(20)17(2)14-6-3-12(10-19)4-7-14/h5,8-9,12,14,19H,3-4,6-7,10H2,1-2H3. The van der Waals surface area contributed by atoms with E-state index in [2.05, 4.69) is 0 Å². The number of aliphatic hydroxyl groups is 1. The lowest BCUT2D eigenvalue weighted by Crippen LogP contribution is -2.39. The van der Waals surface area contributed by atoms with Crippen molar-refractivity contribution in [2.24, 2.45) is 5.92 Å². The van der Waals surface area contributed by atoms with E-state index < -0.39 is 4.92 Å². The van der Waals surface area contributed by atoms with Crippen molar-refractivity contribution in [2.75, 3.05) is 13.7 Å². The van der Waals surface area contributed by atoms with E-state index in [0.29, 0.717) is 17.0 Å². The number of benzene rings is 1. The quantitative estimate of drug-likeness (QED) is 0.684. The maximum absolute atomic E-state index is 12.5. The summed E-state index contributed by atoms with van der Waals surface area (Å²) in [4.78, 5) is 24.7. The number of nitro groups is 1. The van der Waals surface area contributed by atoms with E-state index in [-0.39, 0.29) is 24.2 Å². The van der Waals surface area contributed by atoms with Gasteiger partial charge in [0.2, 0.25) is 0 Å². The van der Waals surface area contributed by atoms with Crippen LogP contribution in [0.5, 0.6) is 0 Å². The number of hydrogen-bond acceptors (Lipinski definition) is 4. The van der Waals surface area contributed by atoms with E-state index >= 15 is 0 Å². The van der Waals surface area contributed by atoms with Gasteiger partial charge in [-0.1, -0.05) is 0 Å². The molecule has 0 aromatic heterocycles. The zero-order valence-corrected chi connectivity index (χ0v) is 13.0. The van der Waals surface area contributed by atoms with Crippen molar-refractivity contribution in [3.8, 4) is 0 Å². The Morgan fingerprint density at radius 3 is 2.50 bits per heavy atom. The fourth-order valence-electron chi connectivity index (χ4n) is 3.08. The predicted molar refractivity (Wildman–Crippen MR) is 82.8 cm³/mol. The minimum absolute atomic E-state index is 0.0302. The highest BCUT2D eigenvalue weighted by atomic mass is 16.6. The Hall–Kier alpha value is -1.95. The van der Waals surface area contributed by atoms with Crippen LogP contribution in [0.4, 0.5) is 5.69 Å². The molecule has 1 amide bonds. The number of nitrogens with zero attached hydrogens (tertiary/aromatic N) is 2. The Morgan fingerprint density at radius 1 is 1.36 bits per heavy atom. The molecule has 1 aromatic carbocycles. The summed E-state index contributed by atoms with van der Waals surface area (Å²) in [6.45, 7) is 1.85. The van der Waals surface area contributed by atoms with Crippen LogP contribution in [0.15, 0.2) is 18.2 Å². The fourth-order valence-corrected chi connectivity index (χ4v) is 3.08. The maximum Gasteiger partial charge on any atom is 0.272 e. The summed E-state index contributed by atoms with van der Waals surface area (Å²) in [6, 6.07) is 4.66. The first-order valence-corrected chi connectivity index (χ1v) is 7.57. The van der Waals surface area contributed by atoms with E-state index in [9.17, 15) is 14.9 Å². The van der Waals surface area contributed by atoms with Crippen LogP contribution in [0, 0.1) is 23.0 Å². The molecule has 1 aromatic rings. The Morgan fingerprint density at radius 2 is 2.00 bits per heavy atom. The smallest absolute Gasteiger partial charge is 0.272 e. The van der Waals surface area contributed by atoms with Gasteiger partial charge in [-0.15, -0.1) is 0 Å². The molecule has 0 aliphatic heterocycles. The van der Waals surface area contributed by atoms with Gasteiger partial charge in [0.1, 0.15) is 0 Å². The lowest BCUT2D eigenvalue weighted by atomic mass is 9.86. The third-order valence-corrected chi connectivity index (χ3v) is 4.58. The highest BCUT2D eigenvalue weighted by molar-refractivity contribution is 5.94. The molecule has 1 aliphatic rings. The van der Waals surface area contributed by atoms with Crippen LogP contribution >= 0.6 is 0 Å². The summed E-state index contributed by atoms with van der Waals surface area (Å²) in [6.07, 6.45) is 3.63. The van der Waals surface area contributed by atoms with Gasteiger partial charge in [0.25, 0.3) is 11.6 Å². The van der Waals surface area contributed by atoms with Gasteiger partial charge in [-0.25, -0.2) is 0 Å². The average Bonchev–Trinajstić information content (AvgIpc) is 2.53. The molecule has 1 aliphatic carbocycles. The van der Waals surface area contributed by atoms with Crippen LogP contribution < -0.4 is 0 Å². The van der Waals surface area contributed by atoms with Crippen molar-refractivity contribution in [1.82, 2.24) is 4.90 Å². The molecular formula is C16H22N2O4. The second-order valence-electron chi connectivity index (χ2n) is 6.03. The van der Waals surface area contributed by atoms with Gasteiger partial charge in [0.15, 0.2) is 0 Å².